The number of allylic oxidation sites excluding steroid dienone is 2. The van der Waals surface area contributed by atoms with Crippen LogP contribution in [0.1, 0.15) is 32.1 Å². The molecule has 0 unspecified atom stereocenters. The Bertz CT molecular complexity index is 1070. The zero-order valence-electron chi connectivity index (χ0n) is 15.6. The van der Waals surface area contributed by atoms with Gasteiger partial charge in [0.2, 0.25) is 11.2 Å². The Labute approximate surface area is 163 Å². The molecular weight excluding hydrogens is 360 g/mol. The van der Waals surface area contributed by atoms with Crippen molar-refractivity contribution in [2.45, 2.75) is 20.8 Å². The maximum Gasteiger partial charge on any atom is 0.235 e. The van der Waals surface area contributed by atoms with Crippen molar-refractivity contribution < 1.29 is 9.15 Å². The van der Waals surface area contributed by atoms with Gasteiger partial charge in [-0.15, -0.1) is 0 Å². The third kappa shape index (κ3) is 4.50. The van der Waals surface area contributed by atoms with E-state index in [9.17, 15) is 4.79 Å². The van der Waals surface area contributed by atoms with E-state index >= 15 is 0 Å². The molecule has 0 bridgehead atoms. The Morgan fingerprint density at radius 1 is 1.11 bits per heavy atom. The average Bonchev–Trinajstić information content (AvgIpc) is 2.64. The lowest BCUT2D eigenvalue weighted by molar-refractivity contribution is 0.344. The summed E-state index contributed by atoms with van der Waals surface area (Å²) in [7, 11) is 0. The van der Waals surface area contributed by atoms with Crippen LogP contribution in [-0.2, 0) is 0 Å². The molecule has 0 radical (unpaired) electrons. The second-order valence-corrected chi connectivity index (χ2v) is 7.00. The highest BCUT2D eigenvalue weighted by atomic mass is 35.5. The van der Waals surface area contributed by atoms with Crippen LogP contribution in [0.3, 0.4) is 0 Å². The zero-order valence-corrected chi connectivity index (χ0v) is 16.3. The molecular formula is C23H21ClO3. The lowest BCUT2D eigenvalue weighted by Crippen LogP contribution is -2.11. The van der Waals surface area contributed by atoms with Crippen molar-refractivity contribution in [3.8, 4) is 5.75 Å². The molecule has 0 atom stereocenters. The van der Waals surface area contributed by atoms with E-state index in [2.05, 4.69) is 0 Å². The summed E-state index contributed by atoms with van der Waals surface area (Å²) in [6.45, 7) is 6.16. The van der Waals surface area contributed by atoms with Crippen LogP contribution >= 0.6 is 11.6 Å². The van der Waals surface area contributed by atoms with E-state index in [-0.39, 0.29) is 11.2 Å². The van der Waals surface area contributed by atoms with Crippen molar-refractivity contribution in [2.75, 3.05) is 6.61 Å². The molecule has 2 aromatic carbocycles. The fourth-order valence-corrected chi connectivity index (χ4v) is 2.87. The van der Waals surface area contributed by atoms with Crippen molar-refractivity contribution >= 4 is 34.2 Å². The van der Waals surface area contributed by atoms with Gasteiger partial charge in [0.25, 0.3) is 0 Å². The Balaban J connectivity index is 2.16. The molecule has 0 saturated carbocycles. The van der Waals surface area contributed by atoms with E-state index in [4.69, 9.17) is 20.8 Å². The Morgan fingerprint density at radius 3 is 2.56 bits per heavy atom. The van der Waals surface area contributed by atoms with Crippen molar-refractivity contribution in [1.29, 1.82) is 0 Å². The first-order valence-electron chi connectivity index (χ1n) is 8.72. The van der Waals surface area contributed by atoms with Crippen LogP contribution in [0.15, 0.2) is 69.4 Å². The predicted octanol–water partition coefficient (Wildman–Crippen LogP) is 6.35. The lowest BCUT2D eigenvalue weighted by Gasteiger charge is -2.11. The van der Waals surface area contributed by atoms with Gasteiger partial charge in [0, 0.05) is 5.02 Å². The minimum Gasteiger partial charge on any atom is -0.482 e. The van der Waals surface area contributed by atoms with E-state index in [1.54, 1.807) is 18.2 Å². The van der Waals surface area contributed by atoms with Gasteiger partial charge in [-0.2, -0.15) is 0 Å². The third-order valence-corrected chi connectivity index (χ3v) is 4.31. The number of rotatable bonds is 5. The fourth-order valence-electron chi connectivity index (χ4n) is 2.70. The standard InChI is InChI=1S/C23H21ClO3/c1-15(2)11-12-26-23-21(25)19-14-18(24)9-10-20(19)27-22(23)16(3)13-17-7-5-4-6-8-17/h4-11,13-14H,12H2,1-3H3/b16-13+. The van der Waals surface area contributed by atoms with Gasteiger partial charge < -0.3 is 9.15 Å². The summed E-state index contributed by atoms with van der Waals surface area (Å²) in [4.78, 5) is 13.0. The molecule has 0 aliphatic carbocycles. The van der Waals surface area contributed by atoms with Gasteiger partial charge in [0.05, 0.1) is 5.39 Å². The lowest BCUT2D eigenvalue weighted by atomic mass is 10.1. The Hall–Kier alpha value is -2.78. The van der Waals surface area contributed by atoms with E-state index < -0.39 is 0 Å². The van der Waals surface area contributed by atoms with Crippen LogP contribution in [0.2, 0.25) is 5.02 Å². The molecule has 4 heteroatoms. The van der Waals surface area contributed by atoms with Crippen molar-refractivity contribution in [3.63, 3.8) is 0 Å². The van der Waals surface area contributed by atoms with Gasteiger partial charge in [0.1, 0.15) is 12.2 Å². The van der Waals surface area contributed by atoms with E-state index in [0.717, 1.165) is 16.7 Å². The summed E-state index contributed by atoms with van der Waals surface area (Å²) in [5.74, 6) is 0.632. The van der Waals surface area contributed by atoms with Crippen molar-refractivity contribution in [3.05, 3.63) is 86.7 Å². The number of hydrogen-bond acceptors (Lipinski definition) is 3. The van der Waals surface area contributed by atoms with Crippen LogP contribution < -0.4 is 10.2 Å². The molecule has 1 aromatic heterocycles. The monoisotopic (exact) mass is 380 g/mol. The van der Waals surface area contributed by atoms with Crippen LogP contribution in [0, 0.1) is 0 Å². The topological polar surface area (TPSA) is 39.4 Å². The molecule has 1 heterocycles. The minimum absolute atomic E-state index is 0.201. The van der Waals surface area contributed by atoms with Gasteiger partial charge in [-0.1, -0.05) is 47.5 Å². The van der Waals surface area contributed by atoms with Crippen LogP contribution in [0.4, 0.5) is 0 Å². The highest BCUT2D eigenvalue weighted by Gasteiger charge is 2.17. The first-order valence-corrected chi connectivity index (χ1v) is 9.10. The number of fused-ring (bicyclic) bond motifs is 1. The summed E-state index contributed by atoms with van der Waals surface area (Å²) >= 11 is 6.06. The molecule has 3 nitrogen and oxygen atoms in total. The molecule has 0 spiro atoms. The van der Waals surface area contributed by atoms with Gasteiger partial charge in [-0.25, -0.2) is 0 Å². The fraction of sp³-hybridized carbons (Fsp3) is 0.174. The molecule has 3 aromatic rings. The minimum atomic E-state index is -0.225. The quantitative estimate of drug-likeness (QED) is 0.484. The summed E-state index contributed by atoms with van der Waals surface area (Å²) in [5.41, 5.74) is 3.19. The maximum atomic E-state index is 13.0. The number of benzene rings is 2. The first kappa shape index (κ1) is 19.0. The molecule has 3 rings (SSSR count). The summed E-state index contributed by atoms with van der Waals surface area (Å²) in [5, 5.41) is 0.889. The molecule has 138 valence electrons. The first-order chi connectivity index (χ1) is 13.0. The Morgan fingerprint density at radius 2 is 1.85 bits per heavy atom. The molecule has 0 amide bonds. The molecule has 27 heavy (non-hydrogen) atoms. The second-order valence-electron chi connectivity index (χ2n) is 6.56. The summed E-state index contributed by atoms with van der Waals surface area (Å²) in [6.07, 6.45) is 3.88. The van der Waals surface area contributed by atoms with Crippen LogP contribution in [-0.4, -0.2) is 6.61 Å². The number of ether oxygens (including phenoxy) is 1. The molecule has 0 saturated heterocycles. The average molecular weight is 381 g/mol. The van der Waals surface area contributed by atoms with Gasteiger partial charge in [0.15, 0.2) is 5.76 Å². The van der Waals surface area contributed by atoms with E-state index in [1.165, 1.54) is 0 Å². The zero-order chi connectivity index (χ0) is 19.4. The normalized spacial score (nSPS) is 11.5. The predicted molar refractivity (Wildman–Crippen MR) is 112 cm³/mol. The van der Waals surface area contributed by atoms with Crippen LogP contribution in [0.5, 0.6) is 5.75 Å². The molecule has 0 aliphatic heterocycles. The highest BCUT2D eigenvalue weighted by molar-refractivity contribution is 6.31. The van der Waals surface area contributed by atoms with E-state index in [1.807, 2.05) is 63.3 Å². The van der Waals surface area contributed by atoms with E-state index in [0.29, 0.717) is 28.4 Å². The Kier molecular flexibility index (Phi) is 5.82. The highest BCUT2D eigenvalue weighted by Crippen LogP contribution is 2.29. The van der Waals surface area contributed by atoms with Gasteiger partial charge in [-0.05, 0) is 62.3 Å². The summed E-state index contributed by atoms with van der Waals surface area (Å²) in [6, 6.07) is 14.9. The SMILES string of the molecule is CC(C)=CCOc1c(/C(C)=C/c2ccccc2)oc2ccc(Cl)cc2c1=O. The van der Waals surface area contributed by atoms with Crippen molar-refractivity contribution in [1.82, 2.24) is 0 Å². The van der Waals surface area contributed by atoms with Crippen molar-refractivity contribution in [2.24, 2.45) is 0 Å². The third-order valence-electron chi connectivity index (χ3n) is 4.07. The summed E-state index contributed by atoms with van der Waals surface area (Å²) < 4.78 is 11.9. The molecule has 0 aliphatic rings. The van der Waals surface area contributed by atoms with Crippen LogP contribution in [0.25, 0.3) is 22.6 Å². The maximum absolute atomic E-state index is 13.0. The number of hydrogen-bond donors (Lipinski definition) is 0. The number of halogens is 1. The molecule has 0 N–H and O–H groups in total. The van der Waals surface area contributed by atoms with Gasteiger partial charge >= 0.3 is 0 Å². The van der Waals surface area contributed by atoms with Gasteiger partial charge in [-0.3, -0.25) is 4.79 Å². The largest absolute Gasteiger partial charge is 0.482 e. The molecule has 0 fully saturated rings. The second kappa shape index (κ2) is 8.28. The smallest absolute Gasteiger partial charge is 0.235 e.